The molecule has 5 heterocycles. The van der Waals surface area contributed by atoms with E-state index in [2.05, 4.69) is 30.0 Å². The SMILES string of the molecule is CC1c2nnc(N3CC4(CN(c5ncccn5)C4)C3)n2-c2ccc(Cl)cc2CN1C(=O)OC(CF)CF. The van der Waals surface area contributed by atoms with E-state index in [1.165, 1.54) is 4.90 Å². The van der Waals surface area contributed by atoms with Crippen molar-refractivity contribution >= 4 is 29.6 Å². The van der Waals surface area contributed by atoms with Crippen molar-refractivity contribution in [3.8, 4) is 5.69 Å². The summed E-state index contributed by atoms with van der Waals surface area (Å²) in [6, 6.07) is 6.65. The third kappa shape index (κ3) is 4.03. The molecule has 2 aromatic heterocycles. The lowest BCUT2D eigenvalue weighted by atomic mass is 9.73. The average Bonchev–Trinajstić information content (AvgIpc) is 3.24. The highest BCUT2D eigenvalue weighted by Crippen LogP contribution is 2.44. The first kappa shape index (κ1) is 23.8. The second-order valence-corrected chi connectivity index (χ2v) is 10.3. The normalized spacial score (nSPS) is 19.7. The van der Waals surface area contributed by atoms with E-state index in [0.717, 1.165) is 43.4 Å². The number of aromatic nitrogens is 5. The molecule has 1 unspecified atom stereocenters. The van der Waals surface area contributed by atoms with E-state index in [1.54, 1.807) is 37.5 Å². The van der Waals surface area contributed by atoms with E-state index in [1.807, 2.05) is 10.6 Å². The van der Waals surface area contributed by atoms with Gasteiger partial charge in [-0.3, -0.25) is 9.47 Å². The van der Waals surface area contributed by atoms with Gasteiger partial charge < -0.3 is 14.5 Å². The fourth-order valence-corrected chi connectivity index (χ4v) is 5.55. The summed E-state index contributed by atoms with van der Waals surface area (Å²) in [7, 11) is 0. The Morgan fingerprint density at radius 1 is 1.14 bits per heavy atom. The Labute approximate surface area is 216 Å². The Morgan fingerprint density at radius 2 is 1.84 bits per heavy atom. The summed E-state index contributed by atoms with van der Waals surface area (Å²) >= 11 is 6.29. The third-order valence-electron chi connectivity index (χ3n) is 7.20. The van der Waals surface area contributed by atoms with Gasteiger partial charge in [0.05, 0.1) is 18.3 Å². The number of alkyl halides is 2. The first-order valence-corrected chi connectivity index (χ1v) is 12.4. The maximum atomic E-state index is 13.1. The fraction of sp³-hybridized carbons (Fsp3) is 0.458. The Kier molecular flexibility index (Phi) is 5.85. The molecule has 1 amide bonds. The number of carbonyl (C=O) groups excluding carboxylic acids is 1. The van der Waals surface area contributed by atoms with Gasteiger partial charge in [0.25, 0.3) is 0 Å². The second kappa shape index (κ2) is 9.09. The Bertz CT molecular complexity index is 1310. The standard InChI is InChI=1S/C24H25ClF2N8O2/c1-15-20-30-31-22(33-13-24(14-33)11-32(12-24)21-28-5-2-6-29-21)35(20)19-4-3-17(25)7-16(19)10-34(15)23(36)37-18(8-26)9-27/h2-7,15,18H,8-14H2,1H3. The molecule has 0 saturated carbocycles. The van der Waals surface area contributed by atoms with Gasteiger partial charge in [-0.15, -0.1) is 10.2 Å². The van der Waals surface area contributed by atoms with Crippen LogP contribution in [0.15, 0.2) is 36.7 Å². The van der Waals surface area contributed by atoms with Crippen molar-refractivity contribution < 1.29 is 18.3 Å². The number of ether oxygens (including phenoxy) is 1. The number of fused-ring (bicyclic) bond motifs is 3. The molecule has 6 rings (SSSR count). The van der Waals surface area contributed by atoms with E-state index in [-0.39, 0.29) is 12.0 Å². The molecule has 2 saturated heterocycles. The molecule has 13 heteroatoms. The van der Waals surface area contributed by atoms with Crippen LogP contribution in [0.1, 0.15) is 24.4 Å². The molecule has 194 valence electrons. The Morgan fingerprint density at radius 3 is 2.54 bits per heavy atom. The highest BCUT2D eigenvalue weighted by molar-refractivity contribution is 6.30. The molecule has 3 aliphatic heterocycles. The molecule has 1 spiro atoms. The number of anilines is 2. The van der Waals surface area contributed by atoms with E-state index < -0.39 is 31.6 Å². The number of rotatable bonds is 5. The highest BCUT2D eigenvalue weighted by Gasteiger charge is 2.54. The smallest absolute Gasteiger partial charge is 0.411 e. The summed E-state index contributed by atoms with van der Waals surface area (Å²) in [6.45, 7) is 3.05. The molecular weight excluding hydrogens is 506 g/mol. The number of carbonyl (C=O) groups is 1. The van der Waals surface area contributed by atoms with E-state index in [9.17, 15) is 13.6 Å². The zero-order valence-electron chi connectivity index (χ0n) is 20.1. The summed E-state index contributed by atoms with van der Waals surface area (Å²) in [5.74, 6) is 1.93. The number of nitrogens with zero attached hydrogens (tertiary/aromatic N) is 8. The quantitative estimate of drug-likeness (QED) is 0.496. The molecule has 37 heavy (non-hydrogen) atoms. The minimum Gasteiger partial charge on any atom is -0.440 e. The van der Waals surface area contributed by atoms with Crippen LogP contribution in [-0.4, -0.2) is 81.4 Å². The lowest BCUT2D eigenvalue weighted by molar-refractivity contribution is 0.0286. The molecule has 1 atom stereocenters. The summed E-state index contributed by atoms with van der Waals surface area (Å²) in [5, 5.41) is 9.43. The van der Waals surface area contributed by atoms with Crippen LogP contribution in [0.5, 0.6) is 0 Å². The molecular formula is C24H25ClF2N8O2. The molecule has 0 N–H and O–H groups in total. The van der Waals surface area contributed by atoms with Gasteiger partial charge in [-0.2, -0.15) is 0 Å². The predicted molar refractivity (Wildman–Crippen MR) is 131 cm³/mol. The van der Waals surface area contributed by atoms with Crippen LogP contribution >= 0.6 is 11.6 Å². The fourth-order valence-electron chi connectivity index (χ4n) is 5.35. The third-order valence-corrected chi connectivity index (χ3v) is 7.44. The van der Waals surface area contributed by atoms with Gasteiger partial charge in [0.15, 0.2) is 11.9 Å². The van der Waals surface area contributed by atoms with Gasteiger partial charge in [-0.25, -0.2) is 23.5 Å². The lowest BCUT2D eigenvalue weighted by Crippen LogP contribution is -2.73. The molecule has 3 aliphatic rings. The summed E-state index contributed by atoms with van der Waals surface area (Å²) in [6.07, 6.45) is 1.21. The van der Waals surface area contributed by atoms with E-state index >= 15 is 0 Å². The molecule has 0 radical (unpaired) electrons. The highest BCUT2D eigenvalue weighted by atomic mass is 35.5. The first-order chi connectivity index (χ1) is 17.9. The van der Waals surface area contributed by atoms with Gasteiger partial charge in [-0.1, -0.05) is 11.6 Å². The van der Waals surface area contributed by atoms with Crippen molar-refractivity contribution in [3.05, 3.63) is 53.1 Å². The number of halogens is 3. The van der Waals surface area contributed by atoms with Crippen LogP contribution in [0.4, 0.5) is 25.5 Å². The van der Waals surface area contributed by atoms with Crippen molar-refractivity contribution in [3.63, 3.8) is 0 Å². The van der Waals surface area contributed by atoms with Crippen molar-refractivity contribution in [2.75, 3.05) is 49.3 Å². The zero-order valence-corrected chi connectivity index (χ0v) is 20.9. The van der Waals surface area contributed by atoms with Gasteiger partial charge in [-0.05, 0) is 36.8 Å². The molecule has 1 aromatic carbocycles. The lowest BCUT2D eigenvalue weighted by Gasteiger charge is -2.60. The van der Waals surface area contributed by atoms with Crippen molar-refractivity contribution in [2.24, 2.45) is 5.41 Å². The van der Waals surface area contributed by atoms with Crippen molar-refractivity contribution in [2.45, 2.75) is 25.6 Å². The summed E-state index contributed by atoms with van der Waals surface area (Å²) < 4.78 is 33.1. The molecule has 2 fully saturated rings. The van der Waals surface area contributed by atoms with Gasteiger partial charge in [0.1, 0.15) is 13.3 Å². The van der Waals surface area contributed by atoms with E-state index in [0.29, 0.717) is 16.8 Å². The first-order valence-electron chi connectivity index (χ1n) is 12.0. The average molecular weight is 531 g/mol. The molecule has 0 aliphatic carbocycles. The van der Waals surface area contributed by atoms with E-state index in [4.69, 9.17) is 16.3 Å². The topological polar surface area (TPSA) is 92.5 Å². The van der Waals surface area contributed by atoms with Crippen LogP contribution in [0.25, 0.3) is 5.69 Å². The molecule has 10 nitrogen and oxygen atoms in total. The monoisotopic (exact) mass is 530 g/mol. The van der Waals surface area contributed by atoms with Crippen LogP contribution < -0.4 is 9.80 Å². The van der Waals surface area contributed by atoms with Crippen LogP contribution in [0.3, 0.4) is 0 Å². The summed E-state index contributed by atoms with van der Waals surface area (Å²) in [4.78, 5) is 27.3. The Balaban J connectivity index is 1.27. The number of hydrogen-bond acceptors (Lipinski definition) is 8. The largest absolute Gasteiger partial charge is 0.440 e. The van der Waals surface area contributed by atoms with Crippen LogP contribution in [0.2, 0.25) is 5.02 Å². The predicted octanol–water partition coefficient (Wildman–Crippen LogP) is 3.36. The van der Waals surface area contributed by atoms with Gasteiger partial charge in [0.2, 0.25) is 11.9 Å². The van der Waals surface area contributed by atoms with Gasteiger partial charge >= 0.3 is 6.09 Å². The number of amides is 1. The Hall–Kier alpha value is -3.54. The maximum Gasteiger partial charge on any atom is 0.411 e. The second-order valence-electron chi connectivity index (χ2n) is 9.85. The minimum atomic E-state index is -1.45. The number of hydrogen-bond donors (Lipinski definition) is 0. The summed E-state index contributed by atoms with van der Waals surface area (Å²) in [5.41, 5.74) is 1.68. The minimum absolute atomic E-state index is 0.133. The van der Waals surface area contributed by atoms with Gasteiger partial charge in [0, 0.05) is 49.0 Å². The molecule has 0 bridgehead atoms. The van der Waals surface area contributed by atoms with Crippen molar-refractivity contribution in [1.82, 2.24) is 29.6 Å². The van der Waals surface area contributed by atoms with Crippen LogP contribution in [0, 0.1) is 5.41 Å². The van der Waals surface area contributed by atoms with Crippen molar-refractivity contribution in [1.29, 1.82) is 0 Å². The zero-order chi connectivity index (χ0) is 25.7. The number of benzene rings is 1. The molecule has 3 aromatic rings. The maximum absolute atomic E-state index is 13.1. The van der Waals surface area contributed by atoms with Crippen LogP contribution in [-0.2, 0) is 11.3 Å².